The second kappa shape index (κ2) is 6.04. The fraction of sp³-hybridized carbons (Fsp3) is 0.235. The van der Waals surface area contributed by atoms with Crippen molar-refractivity contribution in [3.05, 3.63) is 63.2 Å². The van der Waals surface area contributed by atoms with Gasteiger partial charge in [-0.2, -0.15) is 0 Å². The summed E-state index contributed by atoms with van der Waals surface area (Å²) in [6, 6.07) is 7.18. The van der Waals surface area contributed by atoms with Gasteiger partial charge in [-0.25, -0.2) is 9.18 Å². The summed E-state index contributed by atoms with van der Waals surface area (Å²) < 4.78 is 16.9. The van der Waals surface area contributed by atoms with Crippen LogP contribution in [0.3, 0.4) is 0 Å². The Morgan fingerprint density at radius 1 is 1.08 bits per heavy atom. The van der Waals surface area contributed by atoms with Gasteiger partial charge in [-0.1, -0.05) is 0 Å². The molecule has 0 aliphatic heterocycles. The highest BCUT2D eigenvalue weighted by Gasteiger charge is 2.17. The highest BCUT2D eigenvalue weighted by molar-refractivity contribution is 5.93. The molecule has 0 aliphatic rings. The molecule has 7 nitrogen and oxygen atoms in total. The van der Waals surface area contributed by atoms with E-state index in [-0.39, 0.29) is 23.8 Å². The van der Waals surface area contributed by atoms with E-state index in [9.17, 15) is 18.8 Å². The summed E-state index contributed by atoms with van der Waals surface area (Å²) in [4.78, 5) is 38.3. The van der Waals surface area contributed by atoms with Crippen molar-refractivity contribution in [1.82, 2.24) is 13.7 Å². The summed E-state index contributed by atoms with van der Waals surface area (Å²) in [5, 5.41) is 0. The zero-order chi connectivity index (χ0) is 18.3. The van der Waals surface area contributed by atoms with Crippen LogP contribution in [0, 0.1) is 5.82 Å². The van der Waals surface area contributed by atoms with Gasteiger partial charge in [0.05, 0.1) is 5.52 Å². The lowest BCUT2D eigenvalue weighted by atomic mass is 10.3. The quantitative estimate of drug-likeness (QED) is 0.707. The third kappa shape index (κ3) is 2.75. The van der Waals surface area contributed by atoms with Crippen molar-refractivity contribution in [2.75, 3.05) is 11.9 Å². The van der Waals surface area contributed by atoms with Gasteiger partial charge in [0, 0.05) is 33.0 Å². The average Bonchev–Trinajstić information content (AvgIpc) is 3.01. The molecular weight excluding hydrogens is 327 g/mol. The normalized spacial score (nSPS) is 11.0. The number of nitrogens with zero attached hydrogens (tertiary/aromatic N) is 4. The van der Waals surface area contributed by atoms with Gasteiger partial charge in [0.25, 0.3) is 5.56 Å². The number of benzene rings is 1. The van der Waals surface area contributed by atoms with Gasteiger partial charge in [0.15, 0.2) is 0 Å². The van der Waals surface area contributed by atoms with E-state index < -0.39 is 11.2 Å². The lowest BCUT2D eigenvalue weighted by Crippen LogP contribution is -2.38. The summed E-state index contributed by atoms with van der Waals surface area (Å²) in [6.07, 6.45) is 1.60. The summed E-state index contributed by atoms with van der Waals surface area (Å²) in [5.74, 6) is -0.662. The molecule has 8 heteroatoms. The van der Waals surface area contributed by atoms with E-state index >= 15 is 0 Å². The third-order valence-corrected chi connectivity index (χ3v) is 4.28. The number of carbonyl (C=O) groups is 1. The van der Waals surface area contributed by atoms with Crippen LogP contribution in [0.4, 0.5) is 10.1 Å². The van der Waals surface area contributed by atoms with Crippen LogP contribution < -0.4 is 16.1 Å². The molecule has 2 aromatic heterocycles. The predicted molar refractivity (Wildman–Crippen MR) is 92.2 cm³/mol. The van der Waals surface area contributed by atoms with Crippen molar-refractivity contribution >= 4 is 22.6 Å². The Morgan fingerprint density at radius 2 is 1.72 bits per heavy atom. The van der Waals surface area contributed by atoms with Crippen molar-refractivity contribution in [3.63, 3.8) is 0 Å². The molecular formula is C17H17FN4O3. The Kier molecular flexibility index (Phi) is 4.03. The number of amides is 1. The molecule has 0 N–H and O–H groups in total. The minimum Gasteiger partial charge on any atom is -0.332 e. The Morgan fingerprint density at radius 3 is 2.36 bits per heavy atom. The second-order valence-corrected chi connectivity index (χ2v) is 5.81. The predicted octanol–water partition coefficient (Wildman–Crippen LogP) is 0.841. The topological polar surface area (TPSA) is 69.2 Å². The van der Waals surface area contributed by atoms with Gasteiger partial charge in [-0.05, 0) is 30.3 Å². The summed E-state index contributed by atoms with van der Waals surface area (Å²) in [7, 11) is 4.55. The number of aromatic nitrogens is 3. The molecule has 3 aromatic rings. The van der Waals surface area contributed by atoms with E-state index in [0.29, 0.717) is 11.2 Å². The minimum absolute atomic E-state index is 0.0786. The third-order valence-electron chi connectivity index (χ3n) is 4.28. The first-order chi connectivity index (χ1) is 11.8. The molecule has 0 saturated heterocycles. The fourth-order valence-corrected chi connectivity index (χ4v) is 2.73. The number of fused-ring (bicyclic) bond motifs is 1. The molecule has 25 heavy (non-hydrogen) atoms. The van der Waals surface area contributed by atoms with Crippen LogP contribution in [-0.2, 0) is 25.4 Å². The number of hydrogen-bond acceptors (Lipinski definition) is 3. The Bertz CT molecular complexity index is 1080. The molecule has 130 valence electrons. The molecule has 0 atom stereocenters. The smallest absolute Gasteiger partial charge is 0.331 e. The number of halogens is 1. The van der Waals surface area contributed by atoms with Gasteiger partial charge >= 0.3 is 5.69 Å². The molecule has 0 unspecified atom stereocenters. The lowest BCUT2D eigenvalue weighted by molar-refractivity contribution is -0.118. The Hall–Kier alpha value is -3.16. The van der Waals surface area contributed by atoms with Crippen LogP contribution in [0.5, 0.6) is 0 Å². The fourth-order valence-electron chi connectivity index (χ4n) is 2.73. The van der Waals surface area contributed by atoms with Crippen molar-refractivity contribution in [2.45, 2.75) is 6.54 Å². The highest BCUT2D eigenvalue weighted by Crippen LogP contribution is 2.15. The van der Waals surface area contributed by atoms with E-state index in [1.54, 1.807) is 26.4 Å². The number of hydrogen-bond donors (Lipinski definition) is 0. The lowest BCUT2D eigenvalue weighted by Gasteiger charge is -2.18. The van der Waals surface area contributed by atoms with Gasteiger partial charge in [-0.3, -0.25) is 18.7 Å². The van der Waals surface area contributed by atoms with Crippen LogP contribution in [-0.4, -0.2) is 26.7 Å². The first-order valence-corrected chi connectivity index (χ1v) is 7.58. The maximum Gasteiger partial charge on any atom is 0.331 e. The second-order valence-electron chi connectivity index (χ2n) is 5.81. The van der Waals surface area contributed by atoms with Gasteiger partial charge in [-0.15, -0.1) is 0 Å². The molecule has 0 saturated carbocycles. The van der Waals surface area contributed by atoms with Crippen molar-refractivity contribution in [3.8, 4) is 0 Å². The molecule has 0 aliphatic carbocycles. The van der Waals surface area contributed by atoms with Gasteiger partial charge in [0.1, 0.15) is 17.9 Å². The van der Waals surface area contributed by atoms with Crippen molar-refractivity contribution < 1.29 is 9.18 Å². The molecule has 0 spiro atoms. The first-order valence-electron chi connectivity index (χ1n) is 7.58. The standard InChI is InChI=1S/C17H17FN4O3/c1-19(12-6-4-11(18)5-7-12)14(23)10-22-9-8-13-15(22)16(24)21(3)17(25)20(13)2/h4-9H,10H2,1-3H3. The summed E-state index contributed by atoms with van der Waals surface area (Å²) in [6.45, 7) is -0.0786. The summed E-state index contributed by atoms with van der Waals surface area (Å²) >= 11 is 0. The Balaban J connectivity index is 1.98. The van der Waals surface area contributed by atoms with Gasteiger partial charge in [0.2, 0.25) is 5.91 Å². The summed E-state index contributed by atoms with van der Waals surface area (Å²) in [5.41, 5.74) is 0.407. The number of rotatable bonds is 3. The van der Waals surface area contributed by atoms with E-state index in [1.165, 1.54) is 45.3 Å². The van der Waals surface area contributed by atoms with Crippen LogP contribution in [0.1, 0.15) is 0 Å². The first kappa shape index (κ1) is 16.7. The van der Waals surface area contributed by atoms with Crippen molar-refractivity contribution in [1.29, 1.82) is 0 Å². The molecule has 3 rings (SSSR count). The van der Waals surface area contributed by atoms with Crippen LogP contribution >= 0.6 is 0 Å². The SMILES string of the molecule is CN(C(=O)Cn1ccc2c1c(=O)n(C)c(=O)n2C)c1ccc(F)cc1. The molecule has 0 fully saturated rings. The maximum atomic E-state index is 13.0. The Labute approximate surface area is 142 Å². The van der Waals surface area contributed by atoms with E-state index in [1.807, 2.05) is 0 Å². The monoisotopic (exact) mass is 344 g/mol. The number of aryl methyl sites for hydroxylation is 1. The van der Waals surface area contributed by atoms with Crippen LogP contribution in [0.2, 0.25) is 0 Å². The number of anilines is 1. The zero-order valence-corrected chi connectivity index (χ0v) is 14.1. The molecule has 0 bridgehead atoms. The largest absolute Gasteiger partial charge is 0.332 e. The highest BCUT2D eigenvalue weighted by atomic mass is 19.1. The van der Waals surface area contributed by atoms with Gasteiger partial charge < -0.3 is 9.47 Å². The van der Waals surface area contributed by atoms with E-state index in [2.05, 4.69) is 0 Å². The molecule has 1 aromatic carbocycles. The van der Waals surface area contributed by atoms with Crippen molar-refractivity contribution in [2.24, 2.45) is 14.1 Å². The minimum atomic E-state index is -0.458. The average molecular weight is 344 g/mol. The van der Waals surface area contributed by atoms with Crippen LogP contribution in [0.25, 0.3) is 11.0 Å². The van der Waals surface area contributed by atoms with E-state index in [4.69, 9.17) is 0 Å². The molecule has 2 heterocycles. The molecule has 0 radical (unpaired) electrons. The zero-order valence-electron chi connectivity index (χ0n) is 14.1. The number of carbonyl (C=O) groups excluding carboxylic acids is 1. The van der Waals surface area contributed by atoms with Crippen LogP contribution in [0.15, 0.2) is 46.1 Å². The number of likely N-dealkylation sites (N-methyl/N-ethyl adjacent to an activating group) is 1. The van der Waals surface area contributed by atoms with E-state index in [0.717, 1.165) is 4.57 Å². The maximum absolute atomic E-state index is 13.0. The molecule has 1 amide bonds.